The fraction of sp³-hybridized carbons (Fsp3) is 0.250. The zero-order valence-corrected chi connectivity index (χ0v) is 6.65. The highest BCUT2D eigenvalue weighted by Gasteiger charge is 1.92. The Bertz CT molecular complexity index is 167. The van der Waals surface area contributed by atoms with Crippen LogP contribution in [0.15, 0.2) is 24.3 Å². The fourth-order valence-electron chi connectivity index (χ4n) is 0.676. The van der Waals surface area contributed by atoms with E-state index in [-0.39, 0.29) is 7.92 Å². The van der Waals surface area contributed by atoms with E-state index < -0.39 is 0 Å². The van der Waals surface area contributed by atoms with E-state index in [0.717, 1.165) is 0 Å². The predicted molar refractivity (Wildman–Crippen MR) is 43.7 cm³/mol. The van der Waals surface area contributed by atoms with E-state index in [2.05, 4.69) is 31.5 Å². The summed E-state index contributed by atoms with van der Waals surface area (Å²) in [5, 5.41) is 1.45. The molecule has 1 aromatic carbocycles. The SMILES string of the molecule is CP(C)c1cc[c]cc1. The largest absolute Gasteiger partial charge is 0.0817 e. The second-order valence-electron chi connectivity index (χ2n) is 2.15. The Balaban J connectivity index is 2.85. The van der Waals surface area contributed by atoms with Crippen LogP contribution in [0.4, 0.5) is 0 Å². The molecule has 1 heteroatoms. The molecule has 0 bridgehead atoms. The van der Waals surface area contributed by atoms with Gasteiger partial charge in [-0.1, -0.05) is 32.2 Å². The van der Waals surface area contributed by atoms with Crippen LogP contribution in [-0.4, -0.2) is 13.3 Å². The maximum Gasteiger partial charge on any atom is -0.0184 e. The lowest BCUT2D eigenvalue weighted by Gasteiger charge is -2.02. The molecule has 0 saturated heterocycles. The zero-order valence-electron chi connectivity index (χ0n) is 5.76. The zero-order chi connectivity index (χ0) is 6.69. The molecule has 47 valence electrons. The average molecular weight is 137 g/mol. The normalized spacial score (nSPS) is 10.1. The smallest absolute Gasteiger partial charge is 0.0184 e. The molecule has 0 aliphatic rings. The Labute approximate surface area is 57.7 Å². The first kappa shape index (κ1) is 6.77. The maximum atomic E-state index is 3.00. The molecule has 0 aromatic heterocycles. The van der Waals surface area contributed by atoms with Gasteiger partial charge in [-0.05, 0) is 24.7 Å². The average Bonchev–Trinajstić information content (AvgIpc) is 1.90. The van der Waals surface area contributed by atoms with Gasteiger partial charge < -0.3 is 0 Å². The summed E-state index contributed by atoms with van der Waals surface area (Å²) in [6.45, 7) is 4.51. The maximum absolute atomic E-state index is 3.00. The van der Waals surface area contributed by atoms with Crippen molar-refractivity contribution in [2.75, 3.05) is 13.3 Å². The molecule has 0 saturated carbocycles. The topological polar surface area (TPSA) is 0 Å². The van der Waals surface area contributed by atoms with Gasteiger partial charge in [0.05, 0.1) is 0 Å². The van der Waals surface area contributed by atoms with E-state index in [9.17, 15) is 0 Å². The van der Waals surface area contributed by atoms with Crippen molar-refractivity contribution in [2.24, 2.45) is 0 Å². The Morgan fingerprint density at radius 2 is 1.78 bits per heavy atom. The highest BCUT2D eigenvalue weighted by molar-refractivity contribution is 7.64. The highest BCUT2D eigenvalue weighted by atomic mass is 31.1. The second kappa shape index (κ2) is 2.98. The minimum absolute atomic E-state index is 0.0844. The monoisotopic (exact) mass is 137 g/mol. The van der Waals surface area contributed by atoms with E-state index in [1.54, 1.807) is 0 Å². The lowest BCUT2D eigenvalue weighted by atomic mass is 10.4. The van der Waals surface area contributed by atoms with Gasteiger partial charge in [0.1, 0.15) is 0 Å². The standard InChI is InChI=1S/C8H10P/c1-9(2)8-6-4-3-5-7-8/h4-7H,1-2H3. The van der Waals surface area contributed by atoms with Gasteiger partial charge in [0, 0.05) is 0 Å². The molecule has 1 aromatic rings. The van der Waals surface area contributed by atoms with Crippen LogP contribution < -0.4 is 5.30 Å². The van der Waals surface area contributed by atoms with E-state index in [0.29, 0.717) is 0 Å². The first-order chi connectivity index (χ1) is 4.30. The molecule has 0 spiro atoms. The van der Waals surface area contributed by atoms with Gasteiger partial charge in [-0.3, -0.25) is 0 Å². The molecule has 0 aliphatic carbocycles. The van der Waals surface area contributed by atoms with Crippen LogP contribution in [0.3, 0.4) is 0 Å². The van der Waals surface area contributed by atoms with Crippen LogP contribution >= 0.6 is 7.92 Å². The molecule has 9 heavy (non-hydrogen) atoms. The van der Waals surface area contributed by atoms with Crippen LogP contribution in [0.1, 0.15) is 0 Å². The fourth-order valence-corrected chi connectivity index (χ4v) is 1.42. The van der Waals surface area contributed by atoms with Gasteiger partial charge >= 0.3 is 0 Å². The summed E-state index contributed by atoms with van der Waals surface area (Å²) < 4.78 is 0. The van der Waals surface area contributed by atoms with Crippen LogP contribution in [0.5, 0.6) is 0 Å². The molecular formula is C8H10P. The highest BCUT2D eigenvalue weighted by Crippen LogP contribution is 2.21. The molecule has 1 radical (unpaired) electrons. The lowest BCUT2D eigenvalue weighted by Crippen LogP contribution is -1.95. The van der Waals surface area contributed by atoms with Crippen LogP contribution in [0, 0.1) is 6.07 Å². The van der Waals surface area contributed by atoms with Crippen LogP contribution in [-0.2, 0) is 0 Å². The minimum atomic E-state index is 0.0844. The van der Waals surface area contributed by atoms with Crippen molar-refractivity contribution in [3.8, 4) is 0 Å². The third kappa shape index (κ3) is 1.80. The second-order valence-corrected chi connectivity index (χ2v) is 4.46. The Morgan fingerprint density at radius 1 is 1.22 bits per heavy atom. The third-order valence-electron chi connectivity index (χ3n) is 1.22. The van der Waals surface area contributed by atoms with Gasteiger partial charge in [0.25, 0.3) is 0 Å². The predicted octanol–water partition coefficient (Wildman–Crippen LogP) is 1.85. The quantitative estimate of drug-likeness (QED) is 0.518. The van der Waals surface area contributed by atoms with Crippen LogP contribution in [0.25, 0.3) is 0 Å². The molecular weight excluding hydrogens is 127 g/mol. The molecule has 0 N–H and O–H groups in total. The molecule has 1 rings (SSSR count). The molecule has 0 aliphatic heterocycles. The summed E-state index contributed by atoms with van der Waals surface area (Å²) in [7, 11) is 0.0844. The van der Waals surface area contributed by atoms with Gasteiger partial charge in [0.2, 0.25) is 0 Å². The lowest BCUT2D eigenvalue weighted by molar-refractivity contribution is 1.75. The van der Waals surface area contributed by atoms with E-state index >= 15 is 0 Å². The molecule has 0 atom stereocenters. The number of hydrogen-bond acceptors (Lipinski definition) is 0. The van der Waals surface area contributed by atoms with Crippen molar-refractivity contribution in [3.05, 3.63) is 30.3 Å². The summed E-state index contributed by atoms with van der Waals surface area (Å²) in [6, 6.07) is 11.2. The van der Waals surface area contributed by atoms with Crippen molar-refractivity contribution in [2.45, 2.75) is 0 Å². The first-order valence-corrected chi connectivity index (χ1v) is 5.18. The Kier molecular flexibility index (Phi) is 2.24. The summed E-state index contributed by atoms with van der Waals surface area (Å²) in [5.41, 5.74) is 0. The van der Waals surface area contributed by atoms with Crippen LogP contribution in [0.2, 0.25) is 0 Å². The van der Waals surface area contributed by atoms with E-state index in [4.69, 9.17) is 0 Å². The molecule has 0 heterocycles. The van der Waals surface area contributed by atoms with Gasteiger partial charge in [0.15, 0.2) is 0 Å². The van der Waals surface area contributed by atoms with Gasteiger partial charge in [-0.15, -0.1) is 0 Å². The van der Waals surface area contributed by atoms with Gasteiger partial charge in [-0.2, -0.15) is 0 Å². The summed E-state index contributed by atoms with van der Waals surface area (Å²) in [5.74, 6) is 0. The van der Waals surface area contributed by atoms with Crippen molar-refractivity contribution in [1.82, 2.24) is 0 Å². The summed E-state index contributed by atoms with van der Waals surface area (Å²) >= 11 is 0. The number of hydrogen-bond donors (Lipinski definition) is 0. The molecule has 0 unspecified atom stereocenters. The molecule has 0 amide bonds. The number of benzene rings is 1. The Hall–Kier alpha value is -0.350. The van der Waals surface area contributed by atoms with Crippen molar-refractivity contribution in [1.29, 1.82) is 0 Å². The van der Waals surface area contributed by atoms with Gasteiger partial charge in [-0.25, -0.2) is 0 Å². The minimum Gasteiger partial charge on any atom is -0.0817 e. The van der Waals surface area contributed by atoms with E-state index in [1.807, 2.05) is 12.1 Å². The summed E-state index contributed by atoms with van der Waals surface area (Å²) in [4.78, 5) is 0. The van der Waals surface area contributed by atoms with Crippen molar-refractivity contribution < 1.29 is 0 Å². The summed E-state index contributed by atoms with van der Waals surface area (Å²) in [6.07, 6.45) is 0. The first-order valence-electron chi connectivity index (χ1n) is 2.94. The molecule has 0 fully saturated rings. The number of rotatable bonds is 1. The van der Waals surface area contributed by atoms with E-state index in [1.165, 1.54) is 5.30 Å². The third-order valence-corrected chi connectivity index (χ3v) is 2.55. The van der Waals surface area contributed by atoms with Crippen molar-refractivity contribution in [3.63, 3.8) is 0 Å². The Morgan fingerprint density at radius 3 is 2.11 bits per heavy atom. The molecule has 0 nitrogen and oxygen atoms in total. The van der Waals surface area contributed by atoms with Crippen molar-refractivity contribution >= 4 is 13.2 Å².